The zero-order valence-electron chi connectivity index (χ0n) is 15.5. The van der Waals surface area contributed by atoms with Crippen LogP contribution in [-0.4, -0.2) is 10.1 Å². The Bertz CT molecular complexity index is 1390. The van der Waals surface area contributed by atoms with E-state index in [9.17, 15) is 5.11 Å². The van der Waals surface area contributed by atoms with E-state index in [4.69, 9.17) is 0 Å². The fraction of sp³-hybridized carbons (Fsp3) is 0.0769. The Hall–Kier alpha value is -3.36. The number of hydrogen-bond donors (Lipinski definition) is 2. The molecule has 0 saturated heterocycles. The molecule has 1 unspecified atom stereocenters. The Kier molecular flexibility index (Phi) is 2.99. The summed E-state index contributed by atoms with van der Waals surface area (Å²) in [6.45, 7) is 1.91. The maximum absolute atomic E-state index is 11.5. The lowest BCUT2D eigenvalue weighted by molar-refractivity contribution is 0.108. The van der Waals surface area contributed by atoms with Crippen molar-refractivity contribution >= 4 is 21.8 Å². The minimum absolute atomic E-state index is 0.977. The van der Waals surface area contributed by atoms with Crippen molar-refractivity contribution in [3.63, 3.8) is 0 Å². The third-order valence-corrected chi connectivity index (χ3v) is 6.11. The largest absolute Gasteiger partial charge is 0.381 e. The lowest BCUT2D eigenvalue weighted by Gasteiger charge is -2.23. The van der Waals surface area contributed by atoms with Gasteiger partial charge >= 0.3 is 0 Å². The molecule has 2 heteroatoms. The van der Waals surface area contributed by atoms with Crippen molar-refractivity contribution in [2.45, 2.75) is 12.5 Å². The van der Waals surface area contributed by atoms with Crippen LogP contribution in [0.15, 0.2) is 84.9 Å². The molecule has 1 aliphatic carbocycles. The van der Waals surface area contributed by atoms with Crippen molar-refractivity contribution < 1.29 is 5.11 Å². The zero-order valence-corrected chi connectivity index (χ0v) is 15.5. The molecule has 1 aliphatic rings. The van der Waals surface area contributed by atoms with E-state index in [1.165, 1.54) is 10.8 Å². The Morgan fingerprint density at radius 1 is 0.679 bits per heavy atom. The maximum Gasteiger partial charge on any atom is 0.114 e. The molecule has 0 spiro atoms. The summed E-state index contributed by atoms with van der Waals surface area (Å²) in [7, 11) is 0. The average molecular weight is 361 g/mol. The van der Waals surface area contributed by atoms with E-state index in [1.807, 2.05) is 25.1 Å². The van der Waals surface area contributed by atoms with Crippen molar-refractivity contribution in [2.75, 3.05) is 0 Å². The number of H-pyrrole nitrogens is 1. The molecule has 1 atom stereocenters. The summed E-state index contributed by atoms with van der Waals surface area (Å²) in [6.07, 6.45) is 0. The number of para-hydroxylation sites is 1. The van der Waals surface area contributed by atoms with E-state index in [0.29, 0.717) is 0 Å². The smallest absolute Gasteiger partial charge is 0.114 e. The number of rotatable bonds is 1. The fourth-order valence-electron chi connectivity index (χ4n) is 4.83. The van der Waals surface area contributed by atoms with E-state index in [2.05, 4.69) is 71.7 Å². The third kappa shape index (κ3) is 1.96. The van der Waals surface area contributed by atoms with Gasteiger partial charge in [0.15, 0.2) is 0 Å². The van der Waals surface area contributed by atoms with Crippen molar-refractivity contribution in [1.82, 2.24) is 4.98 Å². The molecule has 5 aromatic rings. The summed E-state index contributed by atoms with van der Waals surface area (Å²) >= 11 is 0. The third-order valence-electron chi connectivity index (χ3n) is 6.11. The lowest BCUT2D eigenvalue weighted by atomic mass is 9.87. The number of fused-ring (bicyclic) bond motifs is 6. The number of hydrogen-bond acceptors (Lipinski definition) is 1. The summed E-state index contributed by atoms with van der Waals surface area (Å²) in [4.78, 5) is 3.49. The average Bonchev–Trinajstić information content (AvgIpc) is 3.21. The van der Waals surface area contributed by atoms with Crippen LogP contribution >= 0.6 is 0 Å². The van der Waals surface area contributed by atoms with E-state index < -0.39 is 5.60 Å². The van der Waals surface area contributed by atoms with Crippen LogP contribution in [0.2, 0.25) is 0 Å². The van der Waals surface area contributed by atoms with Gasteiger partial charge in [-0.25, -0.2) is 0 Å². The Morgan fingerprint density at radius 2 is 1.39 bits per heavy atom. The molecule has 0 amide bonds. The Labute approximate surface area is 163 Å². The number of benzene rings is 4. The first-order valence-corrected chi connectivity index (χ1v) is 9.61. The predicted octanol–water partition coefficient (Wildman–Crippen LogP) is 6.22. The van der Waals surface area contributed by atoms with Gasteiger partial charge in [0, 0.05) is 27.4 Å². The molecular weight excluding hydrogens is 342 g/mol. The van der Waals surface area contributed by atoms with E-state index in [-0.39, 0.29) is 0 Å². The molecule has 4 aromatic carbocycles. The molecule has 2 N–H and O–H groups in total. The van der Waals surface area contributed by atoms with Crippen LogP contribution in [-0.2, 0) is 5.60 Å². The number of nitrogens with one attached hydrogen (secondary N) is 1. The summed E-state index contributed by atoms with van der Waals surface area (Å²) in [5, 5.41) is 13.9. The fourth-order valence-corrected chi connectivity index (χ4v) is 4.83. The monoisotopic (exact) mass is 361 g/mol. The van der Waals surface area contributed by atoms with Crippen molar-refractivity contribution in [3.05, 3.63) is 96.1 Å². The minimum atomic E-state index is -1.00. The molecule has 0 radical (unpaired) electrons. The van der Waals surface area contributed by atoms with Gasteiger partial charge in [0.2, 0.25) is 0 Å². The number of aliphatic hydroxyl groups is 1. The topological polar surface area (TPSA) is 36.0 Å². The van der Waals surface area contributed by atoms with Gasteiger partial charge in [-0.1, -0.05) is 66.7 Å². The molecule has 0 aliphatic heterocycles. The Balaban J connectivity index is 1.65. The van der Waals surface area contributed by atoms with Gasteiger partial charge in [-0.05, 0) is 52.9 Å². The van der Waals surface area contributed by atoms with Crippen LogP contribution in [0.25, 0.3) is 44.1 Å². The van der Waals surface area contributed by atoms with Gasteiger partial charge < -0.3 is 10.1 Å². The molecule has 0 fully saturated rings. The van der Waals surface area contributed by atoms with Crippen LogP contribution in [0.3, 0.4) is 0 Å². The van der Waals surface area contributed by atoms with Crippen LogP contribution in [0.1, 0.15) is 18.1 Å². The second-order valence-corrected chi connectivity index (χ2v) is 7.78. The van der Waals surface area contributed by atoms with Gasteiger partial charge in [-0.3, -0.25) is 0 Å². The second-order valence-electron chi connectivity index (χ2n) is 7.78. The van der Waals surface area contributed by atoms with Crippen molar-refractivity contribution in [2.24, 2.45) is 0 Å². The van der Waals surface area contributed by atoms with Gasteiger partial charge in [0.05, 0.1) is 0 Å². The lowest BCUT2D eigenvalue weighted by Crippen LogP contribution is -2.20. The molecule has 1 heterocycles. The molecule has 6 rings (SSSR count). The molecule has 134 valence electrons. The molecule has 0 bridgehead atoms. The summed E-state index contributed by atoms with van der Waals surface area (Å²) in [5.41, 5.74) is 7.71. The first kappa shape index (κ1) is 15.7. The second kappa shape index (κ2) is 5.34. The van der Waals surface area contributed by atoms with Gasteiger partial charge in [-0.15, -0.1) is 0 Å². The maximum atomic E-state index is 11.5. The normalized spacial score (nSPS) is 17.8. The van der Waals surface area contributed by atoms with Gasteiger partial charge in [0.1, 0.15) is 5.60 Å². The minimum Gasteiger partial charge on any atom is -0.381 e. The highest BCUT2D eigenvalue weighted by Gasteiger charge is 2.39. The van der Waals surface area contributed by atoms with Crippen molar-refractivity contribution in [3.8, 4) is 22.3 Å². The van der Waals surface area contributed by atoms with Gasteiger partial charge in [-0.2, -0.15) is 0 Å². The quantitative estimate of drug-likeness (QED) is 0.365. The van der Waals surface area contributed by atoms with Crippen LogP contribution in [0.5, 0.6) is 0 Å². The standard InChI is InChI=1S/C26H19NO/c1-26(28)22-11-4-2-7-18(22)20-10-6-9-17(25(20)26)16-13-14-24-21(15-16)19-8-3-5-12-23(19)27-24/h2-15,27-28H,1H3. The molecular formula is C26H19NO. The van der Waals surface area contributed by atoms with Gasteiger partial charge in [0.25, 0.3) is 0 Å². The highest BCUT2D eigenvalue weighted by molar-refractivity contribution is 6.08. The van der Waals surface area contributed by atoms with Crippen molar-refractivity contribution in [1.29, 1.82) is 0 Å². The summed E-state index contributed by atoms with van der Waals surface area (Å²) in [6, 6.07) is 29.4. The van der Waals surface area contributed by atoms with E-state index in [1.54, 1.807) is 0 Å². The first-order chi connectivity index (χ1) is 13.6. The molecule has 2 nitrogen and oxygen atoms in total. The van der Waals surface area contributed by atoms with E-state index >= 15 is 0 Å². The first-order valence-electron chi connectivity index (χ1n) is 9.61. The highest BCUT2D eigenvalue weighted by atomic mass is 16.3. The number of aromatic nitrogens is 1. The van der Waals surface area contributed by atoms with Crippen LogP contribution in [0, 0.1) is 0 Å². The highest BCUT2D eigenvalue weighted by Crippen LogP contribution is 2.51. The van der Waals surface area contributed by atoms with E-state index in [0.717, 1.165) is 44.4 Å². The SMILES string of the molecule is CC1(O)c2ccccc2-c2cccc(-c3ccc4[nH]c5ccccc5c4c3)c21. The summed E-state index contributed by atoms with van der Waals surface area (Å²) < 4.78 is 0. The number of aromatic amines is 1. The predicted molar refractivity (Wildman–Crippen MR) is 115 cm³/mol. The Morgan fingerprint density at radius 3 is 2.32 bits per heavy atom. The summed E-state index contributed by atoms with van der Waals surface area (Å²) in [5.74, 6) is 0. The van der Waals surface area contributed by atoms with Crippen LogP contribution < -0.4 is 0 Å². The molecule has 28 heavy (non-hydrogen) atoms. The molecule has 1 aromatic heterocycles. The molecule has 0 saturated carbocycles. The van der Waals surface area contributed by atoms with Crippen LogP contribution in [0.4, 0.5) is 0 Å². The zero-order chi connectivity index (χ0) is 18.9.